The van der Waals surface area contributed by atoms with Gasteiger partial charge in [-0.3, -0.25) is 0 Å². The van der Waals surface area contributed by atoms with Crippen LogP contribution in [-0.4, -0.2) is 19.1 Å². The smallest absolute Gasteiger partial charge is 0.160 e. The number of nitriles is 2. The summed E-state index contributed by atoms with van der Waals surface area (Å²) in [7, 11) is 0. The summed E-state index contributed by atoms with van der Waals surface area (Å²) >= 11 is 0. The van der Waals surface area contributed by atoms with Gasteiger partial charge in [0.05, 0.1) is 68.1 Å². The van der Waals surface area contributed by atoms with Gasteiger partial charge in [-0.15, -0.1) is 0 Å². The number of para-hydroxylation sites is 4. The number of nitrogens with zero attached hydrogens (tertiary/aromatic N) is 6. The predicted molar refractivity (Wildman–Crippen MR) is 267 cm³/mol. The fourth-order valence-electron chi connectivity index (χ4n) is 9.61. The van der Waals surface area contributed by atoms with Crippen molar-refractivity contribution in [2.75, 3.05) is 0 Å². The lowest BCUT2D eigenvalue weighted by molar-refractivity contribution is 1.15. The molecule has 3 aromatic heterocycles. The van der Waals surface area contributed by atoms with Gasteiger partial charge in [0.15, 0.2) is 5.82 Å². The van der Waals surface area contributed by atoms with Crippen molar-refractivity contribution in [1.82, 2.24) is 19.1 Å². The monoisotopic (exact) mass is 840 g/mol. The first kappa shape index (κ1) is 38.3. The SMILES string of the molecule is N#Cc1ccc(-c2ccc3c(c2)c2ccccc2n3-c2ccc(-c3nc(-c4ccccc4)cc(-c4ccccc4)n3)cc2-c2ccccc2-n2c3ccccc3c3ccccc32)c(C#N)c1. The van der Waals surface area contributed by atoms with E-state index in [-0.39, 0.29) is 0 Å². The molecule has 0 saturated heterocycles. The minimum absolute atomic E-state index is 0.457. The molecule has 0 aliphatic carbocycles. The van der Waals surface area contributed by atoms with E-state index in [1.165, 1.54) is 10.8 Å². The first-order valence-corrected chi connectivity index (χ1v) is 21.9. The van der Waals surface area contributed by atoms with E-state index in [9.17, 15) is 10.5 Å². The second-order valence-corrected chi connectivity index (χ2v) is 16.4. The molecule has 0 bridgehead atoms. The highest BCUT2D eigenvalue weighted by atomic mass is 15.0. The molecule has 12 aromatic rings. The maximum Gasteiger partial charge on any atom is 0.160 e. The molecular formula is C60H36N6. The molecule has 0 N–H and O–H groups in total. The topological polar surface area (TPSA) is 83.2 Å². The van der Waals surface area contributed by atoms with Crippen LogP contribution in [0.5, 0.6) is 0 Å². The van der Waals surface area contributed by atoms with E-state index in [0.29, 0.717) is 17.0 Å². The van der Waals surface area contributed by atoms with Crippen LogP contribution in [0.2, 0.25) is 0 Å². The maximum atomic E-state index is 10.2. The van der Waals surface area contributed by atoms with Crippen LogP contribution in [0.4, 0.5) is 0 Å². The van der Waals surface area contributed by atoms with Crippen molar-refractivity contribution in [2.24, 2.45) is 0 Å². The highest BCUT2D eigenvalue weighted by Crippen LogP contribution is 2.43. The molecule has 3 heterocycles. The van der Waals surface area contributed by atoms with Crippen LogP contribution in [-0.2, 0) is 0 Å². The first-order chi connectivity index (χ1) is 32.6. The third-order valence-electron chi connectivity index (χ3n) is 12.6. The lowest BCUT2D eigenvalue weighted by Gasteiger charge is -2.20. The molecule has 0 aliphatic rings. The summed E-state index contributed by atoms with van der Waals surface area (Å²) in [5, 5.41) is 24.3. The molecule has 0 radical (unpaired) electrons. The van der Waals surface area contributed by atoms with Gasteiger partial charge < -0.3 is 9.13 Å². The quantitative estimate of drug-likeness (QED) is 0.160. The van der Waals surface area contributed by atoms with Gasteiger partial charge in [0.1, 0.15) is 0 Å². The van der Waals surface area contributed by atoms with E-state index < -0.39 is 0 Å². The summed E-state index contributed by atoms with van der Waals surface area (Å²) in [5.74, 6) is 0.625. The average molecular weight is 841 g/mol. The van der Waals surface area contributed by atoms with E-state index in [1.54, 1.807) is 12.1 Å². The Morgan fingerprint density at radius 2 is 0.848 bits per heavy atom. The van der Waals surface area contributed by atoms with Gasteiger partial charge in [-0.1, -0.05) is 146 Å². The van der Waals surface area contributed by atoms with E-state index in [4.69, 9.17) is 9.97 Å². The average Bonchev–Trinajstić information content (AvgIpc) is 3.91. The molecule has 0 saturated carbocycles. The molecule has 6 heteroatoms. The van der Waals surface area contributed by atoms with E-state index >= 15 is 0 Å². The second kappa shape index (κ2) is 15.8. The fraction of sp³-hybridized carbons (Fsp3) is 0. The zero-order valence-electron chi connectivity index (χ0n) is 35.5. The minimum Gasteiger partial charge on any atom is -0.309 e. The molecule has 9 aromatic carbocycles. The van der Waals surface area contributed by atoms with Gasteiger partial charge in [0.25, 0.3) is 0 Å². The highest BCUT2D eigenvalue weighted by molar-refractivity contribution is 6.12. The molecule has 0 amide bonds. The third kappa shape index (κ3) is 6.33. The largest absolute Gasteiger partial charge is 0.309 e. The molecular weight excluding hydrogens is 805 g/mol. The standard InChI is InChI=1S/C60H36N6/c61-37-39-27-30-45(44(33-39)38-62)42-28-31-58-50(34-42)48-21-9-14-26-57(48)66(58)59-32-29-43(60-63-52(40-15-3-1-4-16-40)36-53(64-60)41-17-5-2-6-18-41)35-51(59)49-22-10-13-25-56(49)65-54-23-11-7-19-46(54)47-20-8-12-24-55(47)65/h1-36H. The number of benzene rings is 9. The molecule has 0 fully saturated rings. The van der Waals surface area contributed by atoms with Crippen molar-refractivity contribution in [1.29, 1.82) is 10.5 Å². The fourth-order valence-corrected chi connectivity index (χ4v) is 9.61. The molecule has 0 spiro atoms. The molecule has 0 atom stereocenters. The van der Waals surface area contributed by atoms with Crippen molar-refractivity contribution < 1.29 is 0 Å². The van der Waals surface area contributed by atoms with E-state index in [0.717, 1.165) is 94.5 Å². The Labute approximate surface area is 380 Å². The van der Waals surface area contributed by atoms with Crippen LogP contribution >= 0.6 is 0 Å². The minimum atomic E-state index is 0.457. The van der Waals surface area contributed by atoms with Gasteiger partial charge in [0.2, 0.25) is 0 Å². The Bertz CT molecular complexity index is 3850. The molecule has 12 rings (SSSR count). The van der Waals surface area contributed by atoms with Crippen LogP contribution in [0.1, 0.15) is 11.1 Å². The van der Waals surface area contributed by atoms with Gasteiger partial charge in [-0.25, -0.2) is 9.97 Å². The lowest BCUT2D eigenvalue weighted by atomic mass is 9.96. The van der Waals surface area contributed by atoms with E-state index in [2.05, 4.69) is 185 Å². The van der Waals surface area contributed by atoms with Crippen molar-refractivity contribution in [2.45, 2.75) is 0 Å². The Kier molecular flexibility index (Phi) is 9.16. The lowest BCUT2D eigenvalue weighted by Crippen LogP contribution is -2.03. The van der Waals surface area contributed by atoms with Crippen LogP contribution in [0.15, 0.2) is 218 Å². The van der Waals surface area contributed by atoms with Crippen LogP contribution in [0.25, 0.3) is 111 Å². The molecule has 0 unspecified atom stereocenters. The molecule has 66 heavy (non-hydrogen) atoms. The Balaban J connectivity index is 1.15. The number of hydrogen-bond donors (Lipinski definition) is 0. The summed E-state index contributed by atoms with van der Waals surface area (Å²) in [6, 6.07) is 79.9. The molecule has 306 valence electrons. The second-order valence-electron chi connectivity index (χ2n) is 16.4. The van der Waals surface area contributed by atoms with Crippen LogP contribution in [0.3, 0.4) is 0 Å². The zero-order chi connectivity index (χ0) is 44.1. The zero-order valence-corrected chi connectivity index (χ0v) is 35.5. The summed E-state index contributed by atoms with van der Waals surface area (Å²) in [4.78, 5) is 10.6. The van der Waals surface area contributed by atoms with Gasteiger partial charge in [0, 0.05) is 49.4 Å². The van der Waals surface area contributed by atoms with Crippen LogP contribution in [0, 0.1) is 22.7 Å². The maximum absolute atomic E-state index is 10.2. The summed E-state index contributed by atoms with van der Waals surface area (Å²) in [6.45, 7) is 0. The summed E-state index contributed by atoms with van der Waals surface area (Å²) in [6.07, 6.45) is 0. The molecule has 0 aliphatic heterocycles. The predicted octanol–water partition coefficient (Wildman–Crippen LogP) is 14.7. The number of aromatic nitrogens is 4. The number of rotatable bonds is 7. The van der Waals surface area contributed by atoms with Gasteiger partial charge in [-0.2, -0.15) is 10.5 Å². The van der Waals surface area contributed by atoms with Gasteiger partial charge in [-0.05, 0) is 83.9 Å². The van der Waals surface area contributed by atoms with Crippen molar-refractivity contribution in [3.8, 4) is 79.7 Å². The van der Waals surface area contributed by atoms with Crippen molar-refractivity contribution >= 4 is 43.6 Å². The Morgan fingerprint density at radius 1 is 0.333 bits per heavy atom. The first-order valence-electron chi connectivity index (χ1n) is 21.9. The van der Waals surface area contributed by atoms with Crippen LogP contribution < -0.4 is 0 Å². The van der Waals surface area contributed by atoms with Crippen molar-refractivity contribution in [3.63, 3.8) is 0 Å². The molecule has 6 nitrogen and oxygen atoms in total. The number of fused-ring (bicyclic) bond motifs is 6. The normalized spacial score (nSPS) is 11.3. The Hall–Kier alpha value is -9.36. The third-order valence-corrected chi connectivity index (χ3v) is 12.6. The number of hydrogen-bond acceptors (Lipinski definition) is 4. The highest BCUT2D eigenvalue weighted by Gasteiger charge is 2.22. The van der Waals surface area contributed by atoms with E-state index in [1.807, 2.05) is 42.5 Å². The summed E-state index contributed by atoms with van der Waals surface area (Å²) in [5.41, 5.74) is 15.6. The van der Waals surface area contributed by atoms with Gasteiger partial charge >= 0.3 is 0 Å². The Morgan fingerprint density at radius 3 is 1.45 bits per heavy atom. The van der Waals surface area contributed by atoms with Crippen molar-refractivity contribution in [3.05, 3.63) is 230 Å². The summed E-state index contributed by atoms with van der Waals surface area (Å²) < 4.78 is 4.75.